The molecule has 6 heteroatoms. The Hall–Kier alpha value is -3.12. The van der Waals surface area contributed by atoms with Crippen LogP contribution in [0.2, 0.25) is 0 Å². The Balaban J connectivity index is 1.87. The van der Waals surface area contributed by atoms with Gasteiger partial charge in [0.15, 0.2) is 0 Å². The minimum absolute atomic E-state index is 0.142. The third kappa shape index (κ3) is 5.27. The number of fused-ring (bicyclic) bond motifs is 1. The Kier molecular flexibility index (Phi) is 7.25. The SMILES string of the molecule is CC(C)C(=O)NC(Cc1c[nH]c2ccccc12)C(=O)N(CCO)Cc1ccccc1. The molecule has 2 amide bonds. The number of nitrogens with zero attached hydrogens (tertiary/aromatic N) is 1. The number of aliphatic hydroxyl groups excluding tert-OH is 1. The third-order valence-corrected chi connectivity index (χ3v) is 5.14. The van der Waals surface area contributed by atoms with Crippen LogP contribution in [0.3, 0.4) is 0 Å². The first kappa shape index (κ1) is 21.6. The largest absolute Gasteiger partial charge is 0.395 e. The summed E-state index contributed by atoms with van der Waals surface area (Å²) >= 11 is 0. The number of H-pyrrole nitrogens is 1. The van der Waals surface area contributed by atoms with E-state index < -0.39 is 6.04 Å². The van der Waals surface area contributed by atoms with Crippen molar-refractivity contribution in [3.05, 3.63) is 71.9 Å². The van der Waals surface area contributed by atoms with Crippen LogP contribution >= 0.6 is 0 Å². The van der Waals surface area contributed by atoms with Crippen LogP contribution in [-0.4, -0.2) is 46.0 Å². The Bertz CT molecular complexity index is 982. The zero-order chi connectivity index (χ0) is 21.5. The van der Waals surface area contributed by atoms with Gasteiger partial charge in [-0.3, -0.25) is 9.59 Å². The van der Waals surface area contributed by atoms with E-state index in [0.29, 0.717) is 13.0 Å². The molecule has 1 unspecified atom stereocenters. The second-order valence-corrected chi connectivity index (χ2v) is 7.75. The van der Waals surface area contributed by atoms with E-state index in [1.165, 1.54) is 0 Å². The molecule has 3 rings (SSSR count). The average molecular weight is 408 g/mol. The van der Waals surface area contributed by atoms with E-state index in [4.69, 9.17) is 0 Å². The minimum atomic E-state index is -0.714. The van der Waals surface area contributed by atoms with Gasteiger partial charge in [0.05, 0.1) is 6.61 Å². The van der Waals surface area contributed by atoms with Gasteiger partial charge in [-0.1, -0.05) is 62.4 Å². The molecule has 3 N–H and O–H groups in total. The molecule has 0 spiro atoms. The van der Waals surface area contributed by atoms with Crippen molar-refractivity contribution in [2.45, 2.75) is 32.9 Å². The Morgan fingerprint density at radius 2 is 1.77 bits per heavy atom. The molecule has 1 aromatic heterocycles. The van der Waals surface area contributed by atoms with Crippen molar-refractivity contribution < 1.29 is 14.7 Å². The molecule has 0 bridgehead atoms. The molecule has 0 saturated heterocycles. The standard InChI is InChI=1S/C24H29N3O3/c1-17(2)23(29)26-22(14-19-15-25-21-11-7-6-10-20(19)21)24(30)27(12-13-28)16-18-8-4-3-5-9-18/h3-11,15,17,22,25,28H,12-14,16H2,1-2H3,(H,26,29). The molecule has 1 heterocycles. The number of carbonyl (C=O) groups is 2. The number of hydrogen-bond acceptors (Lipinski definition) is 3. The number of aliphatic hydroxyl groups is 1. The van der Waals surface area contributed by atoms with E-state index in [9.17, 15) is 14.7 Å². The Morgan fingerprint density at radius 1 is 1.07 bits per heavy atom. The maximum atomic E-state index is 13.4. The van der Waals surface area contributed by atoms with E-state index >= 15 is 0 Å². The highest BCUT2D eigenvalue weighted by atomic mass is 16.3. The zero-order valence-corrected chi connectivity index (χ0v) is 17.5. The molecule has 2 aromatic carbocycles. The fraction of sp³-hybridized carbons (Fsp3) is 0.333. The maximum absolute atomic E-state index is 13.4. The summed E-state index contributed by atoms with van der Waals surface area (Å²) in [5.41, 5.74) is 2.93. The van der Waals surface area contributed by atoms with Crippen molar-refractivity contribution >= 4 is 22.7 Å². The summed E-state index contributed by atoms with van der Waals surface area (Å²) in [6, 6.07) is 16.8. The van der Waals surface area contributed by atoms with Gasteiger partial charge in [0.1, 0.15) is 6.04 Å². The highest BCUT2D eigenvalue weighted by molar-refractivity contribution is 5.90. The number of carbonyl (C=O) groups excluding carboxylic acids is 2. The second kappa shape index (κ2) is 10.1. The van der Waals surface area contributed by atoms with E-state index in [-0.39, 0.29) is 30.9 Å². The molecule has 0 fully saturated rings. The summed E-state index contributed by atoms with van der Waals surface area (Å²) in [5.74, 6) is -0.604. The molecule has 0 aliphatic rings. The summed E-state index contributed by atoms with van der Waals surface area (Å²) in [6.07, 6.45) is 2.26. The number of benzene rings is 2. The fourth-order valence-electron chi connectivity index (χ4n) is 3.47. The zero-order valence-electron chi connectivity index (χ0n) is 17.5. The van der Waals surface area contributed by atoms with Gasteiger partial charge in [-0.15, -0.1) is 0 Å². The topological polar surface area (TPSA) is 85.4 Å². The summed E-state index contributed by atoms with van der Waals surface area (Å²) in [7, 11) is 0. The molecule has 0 aliphatic carbocycles. The maximum Gasteiger partial charge on any atom is 0.245 e. The van der Waals surface area contributed by atoms with Crippen molar-refractivity contribution in [1.82, 2.24) is 15.2 Å². The van der Waals surface area contributed by atoms with Crippen molar-refractivity contribution in [3.63, 3.8) is 0 Å². The van der Waals surface area contributed by atoms with E-state index in [2.05, 4.69) is 10.3 Å². The molecule has 6 nitrogen and oxygen atoms in total. The van der Waals surface area contributed by atoms with Gasteiger partial charge in [-0.2, -0.15) is 0 Å². The van der Waals surface area contributed by atoms with Crippen molar-refractivity contribution in [1.29, 1.82) is 0 Å². The van der Waals surface area contributed by atoms with Crippen LogP contribution in [0.25, 0.3) is 10.9 Å². The number of para-hydroxylation sites is 1. The van der Waals surface area contributed by atoms with Crippen LogP contribution in [-0.2, 0) is 22.6 Å². The Morgan fingerprint density at radius 3 is 2.47 bits per heavy atom. The van der Waals surface area contributed by atoms with Gasteiger partial charge in [0.2, 0.25) is 11.8 Å². The first-order chi connectivity index (χ1) is 14.5. The van der Waals surface area contributed by atoms with Crippen molar-refractivity contribution in [3.8, 4) is 0 Å². The van der Waals surface area contributed by atoms with Gasteiger partial charge in [-0.05, 0) is 17.2 Å². The quantitative estimate of drug-likeness (QED) is 0.510. The molecule has 0 saturated carbocycles. The van der Waals surface area contributed by atoms with Gasteiger partial charge in [0.25, 0.3) is 0 Å². The number of rotatable bonds is 9. The molecule has 3 aromatic rings. The predicted molar refractivity (Wildman–Crippen MR) is 118 cm³/mol. The summed E-state index contributed by atoms with van der Waals surface area (Å²) in [6.45, 7) is 4.05. The molecule has 0 radical (unpaired) electrons. The average Bonchev–Trinajstić information content (AvgIpc) is 3.16. The van der Waals surface area contributed by atoms with E-state index in [1.807, 2.05) is 60.8 Å². The number of aromatic amines is 1. The van der Waals surface area contributed by atoms with Crippen molar-refractivity contribution in [2.24, 2.45) is 5.92 Å². The minimum Gasteiger partial charge on any atom is -0.395 e. The number of hydrogen-bond donors (Lipinski definition) is 3. The van der Waals surface area contributed by atoms with Crippen LogP contribution in [0.4, 0.5) is 0 Å². The third-order valence-electron chi connectivity index (χ3n) is 5.14. The molecule has 30 heavy (non-hydrogen) atoms. The summed E-state index contributed by atoms with van der Waals surface area (Å²) in [5, 5.41) is 13.5. The normalized spacial score (nSPS) is 12.1. The number of nitrogens with one attached hydrogen (secondary N) is 2. The van der Waals surface area contributed by atoms with Crippen LogP contribution in [0.15, 0.2) is 60.8 Å². The van der Waals surface area contributed by atoms with E-state index in [1.54, 1.807) is 18.7 Å². The Labute approximate surface area is 176 Å². The molecular formula is C24H29N3O3. The van der Waals surface area contributed by atoms with Crippen LogP contribution in [0, 0.1) is 5.92 Å². The number of aromatic nitrogens is 1. The van der Waals surface area contributed by atoms with Crippen molar-refractivity contribution in [2.75, 3.05) is 13.2 Å². The lowest BCUT2D eigenvalue weighted by Gasteiger charge is -2.28. The van der Waals surface area contributed by atoms with Gasteiger partial charge >= 0.3 is 0 Å². The first-order valence-corrected chi connectivity index (χ1v) is 10.3. The summed E-state index contributed by atoms with van der Waals surface area (Å²) < 4.78 is 0. The lowest BCUT2D eigenvalue weighted by molar-refractivity contribution is -0.138. The summed E-state index contributed by atoms with van der Waals surface area (Å²) in [4.78, 5) is 30.7. The molecule has 0 aliphatic heterocycles. The molecule has 1 atom stereocenters. The lowest BCUT2D eigenvalue weighted by atomic mass is 10.0. The molecular weight excluding hydrogens is 378 g/mol. The highest BCUT2D eigenvalue weighted by Gasteiger charge is 2.28. The van der Waals surface area contributed by atoms with Gasteiger partial charge in [0, 0.05) is 42.5 Å². The second-order valence-electron chi connectivity index (χ2n) is 7.75. The van der Waals surface area contributed by atoms with E-state index in [0.717, 1.165) is 22.0 Å². The highest BCUT2D eigenvalue weighted by Crippen LogP contribution is 2.20. The first-order valence-electron chi connectivity index (χ1n) is 10.3. The lowest BCUT2D eigenvalue weighted by Crippen LogP contribution is -2.51. The van der Waals surface area contributed by atoms with Crippen LogP contribution in [0.1, 0.15) is 25.0 Å². The van der Waals surface area contributed by atoms with Crippen LogP contribution < -0.4 is 5.32 Å². The molecule has 158 valence electrons. The smallest absolute Gasteiger partial charge is 0.245 e. The fourth-order valence-corrected chi connectivity index (χ4v) is 3.47. The number of amides is 2. The van der Waals surface area contributed by atoms with Gasteiger partial charge < -0.3 is 20.3 Å². The van der Waals surface area contributed by atoms with Gasteiger partial charge in [-0.25, -0.2) is 0 Å². The predicted octanol–water partition coefficient (Wildman–Crippen LogP) is 2.87. The monoisotopic (exact) mass is 407 g/mol. The van der Waals surface area contributed by atoms with Crippen LogP contribution in [0.5, 0.6) is 0 Å².